The first-order valence-electron chi connectivity index (χ1n) is 16.2. The van der Waals surface area contributed by atoms with Crippen molar-refractivity contribution in [1.29, 1.82) is 0 Å². The van der Waals surface area contributed by atoms with Gasteiger partial charge in [-0.15, -0.1) is 0 Å². The van der Waals surface area contributed by atoms with Gasteiger partial charge in [0.2, 0.25) is 0 Å². The first-order chi connectivity index (χ1) is 19.7. The van der Waals surface area contributed by atoms with E-state index in [2.05, 4.69) is 70.2 Å². The van der Waals surface area contributed by atoms with Gasteiger partial charge in [0.15, 0.2) is 0 Å². The molecule has 0 N–H and O–H groups in total. The Morgan fingerprint density at radius 2 is 1.61 bits per heavy atom. The van der Waals surface area contributed by atoms with E-state index in [0.29, 0.717) is 37.4 Å². The molecule has 1 unspecified atom stereocenters. The molecule has 2 aromatic rings. The minimum atomic E-state index is -0.0395. The second kappa shape index (κ2) is 13.8. The van der Waals surface area contributed by atoms with Crippen LogP contribution in [0, 0.1) is 11.3 Å². The van der Waals surface area contributed by atoms with Gasteiger partial charge >= 0.3 is 0 Å². The summed E-state index contributed by atoms with van der Waals surface area (Å²) in [4.78, 5) is 14.2. The molecule has 0 radical (unpaired) electrons. The Hall–Kier alpha value is -2.33. The number of ketones is 1. The number of ether oxygens (including phenoxy) is 3. The third-order valence-electron chi connectivity index (χ3n) is 10.1. The first-order valence-corrected chi connectivity index (χ1v) is 16.2. The third kappa shape index (κ3) is 7.55. The minimum absolute atomic E-state index is 0.0395. The van der Waals surface area contributed by atoms with Gasteiger partial charge in [0.05, 0.1) is 19.3 Å². The molecule has 4 heteroatoms. The van der Waals surface area contributed by atoms with E-state index in [1.807, 2.05) is 13.8 Å². The Bertz CT molecular complexity index is 1100. The van der Waals surface area contributed by atoms with Crippen LogP contribution in [0.3, 0.4) is 0 Å². The highest BCUT2D eigenvalue weighted by atomic mass is 16.5. The molecule has 226 valence electrons. The van der Waals surface area contributed by atoms with Crippen LogP contribution in [0.1, 0.15) is 128 Å². The zero-order valence-electron chi connectivity index (χ0n) is 26.8. The van der Waals surface area contributed by atoms with Gasteiger partial charge in [-0.05, 0) is 105 Å². The SMILES string of the molecule is CCOc1cc([C@@H](C)C(CCCC(C)(C)c2ccccc2)C(=O)CC2(CC)CC(OC)C2)cc(OCC)c1C1CC1. The molecule has 2 atom stereocenters. The maximum Gasteiger partial charge on any atom is 0.137 e. The molecule has 0 saturated heterocycles. The van der Waals surface area contributed by atoms with E-state index in [-0.39, 0.29) is 22.7 Å². The van der Waals surface area contributed by atoms with Crippen LogP contribution in [0.25, 0.3) is 0 Å². The molecule has 0 aromatic heterocycles. The van der Waals surface area contributed by atoms with Crippen molar-refractivity contribution in [3.05, 3.63) is 59.2 Å². The summed E-state index contributed by atoms with van der Waals surface area (Å²) in [5.74, 6) is 2.88. The van der Waals surface area contributed by atoms with Gasteiger partial charge in [0.1, 0.15) is 17.3 Å². The number of carbonyl (C=O) groups is 1. The van der Waals surface area contributed by atoms with Crippen LogP contribution in [0.5, 0.6) is 11.5 Å². The lowest BCUT2D eigenvalue weighted by molar-refractivity contribution is -0.132. The monoisotopic (exact) mass is 562 g/mol. The van der Waals surface area contributed by atoms with Crippen molar-refractivity contribution in [3.63, 3.8) is 0 Å². The summed E-state index contributed by atoms with van der Waals surface area (Å²) in [7, 11) is 1.79. The number of Topliss-reactive ketones (excluding diaryl/α,β-unsaturated/α-hetero) is 1. The summed E-state index contributed by atoms with van der Waals surface area (Å²) in [6, 6.07) is 15.2. The normalized spacial score (nSPS) is 22.1. The van der Waals surface area contributed by atoms with Crippen molar-refractivity contribution in [2.75, 3.05) is 20.3 Å². The topological polar surface area (TPSA) is 44.8 Å². The molecular weight excluding hydrogens is 508 g/mol. The van der Waals surface area contributed by atoms with E-state index in [1.54, 1.807) is 7.11 Å². The number of benzene rings is 2. The fourth-order valence-corrected chi connectivity index (χ4v) is 7.06. The van der Waals surface area contributed by atoms with Crippen molar-refractivity contribution in [3.8, 4) is 11.5 Å². The van der Waals surface area contributed by atoms with Crippen LogP contribution in [0.2, 0.25) is 0 Å². The molecule has 4 rings (SSSR count). The van der Waals surface area contributed by atoms with E-state index in [4.69, 9.17) is 14.2 Å². The van der Waals surface area contributed by atoms with E-state index in [0.717, 1.165) is 55.6 Å². The van der Waals surface area contributed by atoms with E-state index in [1.165, 1.54) is 24.0 Å². The number of hydrogen-bond acceptors (Lipinski definition) is 4. The zero-order valence-corrected chi connectivity index (χ0v) is 26.8. The number of methoxy groups -OCH3 is 1. The Kier molecular flexibility index (Phi) is 10.6. The molecule has 2 fully saturated rings. The van der Waals surface area contributed by atoms with Gasteiger partial charge in [-0.25, -0.2) is 0 Å². The minimum Gasteiger partial charge on any atom is -0.493 e. The average Bonchev–Trinajstić information content (AvgIpc) is 3.78. The van der Waals surface area contributed by atoms with E-state index in [9.17, 15) is 4.79 Å². The molecule has 0 bridgehead atoms. The standard InChI is InChI=1S/C37H54O4/c1-8-37(23-30(24-37)39-7)25-32(38)31(17-14-20-36(5,6)29-15-12-11-13-16-29)26(4)28-21-33(40-9-2)35(27-18-19-27)34(22-28)41-10-3/h11-13,15-16,21-22,26-27,30-31H,8-10,14,17-20,23-25H2,1-7H3/t26-,30?,31?,37?/m1/s1. The van der Waals surface area contributed by atoms with Crippen LogP contribution in [0.15, 0.2) is 42.5 Å². The second-order valence-corrected chi connectivity index (χ2v) is 13.4. The van der Waals surface area contributed by atoms with Gasteiger partial charge in [-0.3, -0.25) is 4.79 Å². The second-order valence-electron chi connectivity index (χ2n) is 13.4. The van der Waals surface area contributed by atoms with Crippen molar-refractivity contribution in [1.82, 2.24) is 0 Å². The van der Waals surface area contributed by atoms with Gasteiger partial charge < -0.3 is 14.2 Å². The molecule has 2 aliphatic rings. The van der Waals surface area contributed by atoms with E-state index < -0.39 is 0 Å². The van der Waals surface area contributed by atoms with Gasteiger partial charge in [0.25, 0.3) is 0 Å². The molecule has 4 nitrogen and oxygen atoms in total. The summed E-state index contributed by atoms with van der Waals surface area (Å²) < 4.78 is 18.0. The molecule has 0 spiro atoms. The summed E-state index contributed by atoms with van der Waals surface area (Å²) in [6.07, 6.45) is 9.29. The lowest BCUT2D eigenvalue weighted by Gasteiger charge is -2.47. The van der Waals surface area contributed by atoms with Crippen molar-refractivity contribution in [2.24, 2.45) is 11.3 Å². The summed E-state index contributed by atoms with van der Waals surface area (Å²) in [5.41, 5.74) is 3.90. The number of rotatable bonds is 17. The van der Waals surface area contributed by atoms with Crippen LogP contribution >= 0.6 is 0 Å². The maximum absolute atomic E-state index is 14.2. The summed E-state index contributed by atoms with van der Waals surface area (Å²) in [6.45, 7) is 14.5. The molecule has 2 aromatic carbocycles. The summed E-state index contributed by atoms with van der Waals surface area (Å²) >= 11 is 0. The zero-order chi connectivity index (χ0) is 29.6. The van der Waals surface area contributed by atoms with Gasteiger partial charge in [-0.1, -0.05) is 64.4 Å². The first kappa shape index (κ1) is 31.6. The molecule has 0 amide bonds. The largest absolute Gasteiger partial charge is 0.493 e. The van der Waals surface area contributed by atoms with Gasteiger partial charge in [-0.2, -0.15) is 0 Å². The van der Waals surface area contributed by atoms with Crippen LogP contribution in [-0.4, -0.2) is 32.2 Å². The van der Waals surface area contributed by atoms with Crippen LogP contribution in [-0.2, 0) is 14.9 Å². The smallest absolute Gasteiger partial charge is 0.137 e. The molecule has 2 saturated carbocycles. The predicted molar refractivity (Wildman–Crippen MR) is 168 cm³/mol. The highest BCUT2D eigenvalue weighted by Crippen LogP contribution is 2.52. The lowest BCUT2D eigenvalue weighted by atomic mass is 9.61. The van der Waals surface area contributed by atoms with Crippen LogP contribution < -0.4 is 9.47 Å². The Labute approximate surface area is 249 Å². The molecule has 0 aliphatic heterocycles. The summed E-state index contributed by atoms with van der Waals surface area (Å²) in [5, 5.41) is 0. The Balaban J connectivity index is 1.60. The number of hydrogen-bond donors (Lipinski definition) is 0. The van der Waals surface area contributed by atoms with Gasteiger partial charge in [0, 0.05) is 25.0 Å². The van der Waals surface area contributed by atoms with Crippen molar-refractivity contribution >= 4 is 5.78 Å². The van der Waals surface area contributed by atoms with Crippen LogP contribution in [0.4, 0.5) is 0 Å². The molecular formula is C37H54O4. The number of carbonyl (C=O) groups excluding carboxylic acids is 1. The fourth-order valence-electron chi connectivity index (χ4n) is 7.06. The molecule has 0 heterocycles. The third-order valence-corrected chi connectivity index (χ3v) is 10.1. The van der Waals surface area contributed by atoms with Crippen molar-refractivity contribution < 1.29 is 19.0 Å². The highest BCUT2D eigenvalue weighted by Gasteiger charge is 2.45. The van der Waals surface area contributed by atoms with Crippen molar-refractivity contribution in [2.45, 2.75) is 123 Å². The predicted octanol–water partition coefficient (Wildman–Crippen LogP) is 9.39. The average molecular weight is 563 g/mol. The Morgan fingerprint density at radius 1 is 1.00 bits per heavy atom. The van der Waals surface area contributed by atoms with E-state index >= 15 is 0 Å². The highest BCUT2D eigenvalue weighted by molar-refractivity contribution is 5.83. The lowest BCUT2D eigenvalue weighted by Crippen LogP contribution is -2.44. The quantitative estimate of drug-likeness (QED) is 0.193. The molecule has 2 aliphatic carbocycles. The maximum atomic E-state index is 14.2. The molecule has 41 heavy (non-hydrogen) atoms. The fraction of sp³-hybridized carbons (Fsp3) is 0.649. The Morgan fingerprint density at radius 3 is 2.12 bits per heavy atom.